The summed E-state index contributed by atoms with van der Waals surface area (Å²) in [7, 11) is 1.69. The summed E-state index contributed by atoms with van der Waals surface area (Å²) in [6, 6.07) is 11.7. The number of aromatic amines is 1. The topological polar surface area (TPSA) is 75.0 Å². The van der Waals surface area contributed by atoms with E-state index in [9.17, 15) is 9.18 Å². The maximum absolute atomic E-state index is 13.0. The van der Waals surface area contributed by atoms with Crippen molar-refractivity contribution in [3.8, 4) is 11.6 Å². The first kappa shape index (κ1) is 18.9. The van der Waals surface area contributed by atoms with Gasteiger partial charge in [-0.05, 0) is 55.8 Å². The maximum Gasteiger partial charge on any atom is 0.274 e. The minimum Gasteiger partial charge on any atom is -0.350 e. The molecule has 1 N–H and O–H groups in total. The molecule has 6 nitrogen and oxygen atoms in total. The SMILES string of the molecule is Cc1ccc2[nH]c(-c3nc(CCN(C)C(=O)c4ccc(F)cc4)no3)c(C)c2c1. The second kappa shape index (κ2) is 7.50. The number of amides is 1. The van der Waals surface area contributed by atoms with Crippen molar-refractivity contribution in [1.82, 2.24) is 20.0 Å². The van der Waals surface area contributed by atoms with E-state index >= 15 is 0 Å². The van der Waals surface area contributed by atoms with Crippen molar-refractivity contribution < 1.29 is 13.7 Å². The Labute approximate surface area is 167 Å². The Morgan fingerprint density at radius 1 is 1.17 bits per heavy atom. The number of carbonyl (C=O) groups excluding carboxylic acids is 1. The summed E-state index contributed by atoms with van der Waals surface area (Å²) in [5.74, 6) is 0.397. The van der Waals surface area contributed by atoms with Crippen LogP contribution in [-0.4, -0.2) is 39.5 Å². The van der Waals surface area contributed by atoms with E-state index in [1.165, 1.54) is 29.8 Å². The third-order valence-electron chi connectivity index (χ3n) is 5.00. The molecule has 29 heavy (non-hydrogen) atoms. The van der Waals surface area contributed by atoms with Crippen LogP contribution in [0.2, 0.25) is 0 Å². The molecule has 0 radical (unpaired) electrons. The Morgan fingerprint density at radius 2 is 1.93 bits per heavy atom. The minimum atomic E-state index is -0.369. The van der Waals surface area contributed by atoms with Gasteiger partial charge in [0.05, 0.1) is 0 Å². The van der Waals surface area contributed by atoms with Crippen LogP contribution in [0.5, 0.6) is 0 Å². The number of fused-ring (bicyclic) bond motifs is 1. The third-order valence-corrected chi connectivity index (χ3v) is 5.00. The maximum atomic E-state index is 13.0. The van der Waals surface area contributed by atoms with Crippen molar-refractivity contribution >= 4 is 16.8 Å². The van der Waals surface area contributed by atoms with E-state index in [0.29, 0.717) is 30.2 Å². The molecule has 0 saturated carbocycles. The first-order valence-corrected chi connectivity index (χ1v) is 9.35. The predicted octanol–water partition coefficient (Wildman–Crippen LogP) is 4.29. The number of benzene rings is 2. The molecule has 0 spiro atoms. The van der Waals surface area contributed by atoms with Crippen molar-refractivity contribution in [2.24, 2.45) is 0 Å². The van der Waals surface area contributed by atoms with E-state index < -0.39 is 0 Å². The van der Waals surface area contributed by atoms with Crippen molar-refractivity contribution in [3.63, 3.8) is 0 Å². The van der Waals surface area contributed by atoms with Crippen molar-refractivity contribution in [2.75, 3.05) is 13.6 Å². The van der Waals surface area contributed by atoms with Crippen LogP contribution in [0.4, 0.5) is 4.39 Å². The van der Waals surface area contributed by atoms with E-state index in [-0.39, 0.29) is 11.7 Å². The lowest BCUT2D eigenvalue weighted by Gasteiger charge is -2.16. The zero-order chi connectivity index (χ0) is 20.5. The lowest BCUT2D eigenvalue weighted by Crippen LogP contribution is -2.29. The van der Waals surface area contributed by atoms with E-state index in [1.54, 1.807) is 11.9 Å². The van der Waals surface area contributed by atoms with Crippen LogP contribution in [0, 0.1) is 19.7 Å². The number of hydrogen-bond acceptors (Lipinski definition) is 4. The number of carbonyl (C=O) groups is 1. The first-order chi connectivity index (χ1) is 13.9. The molecular formula is C22H21FN4O2. The van der Waals surface area contributed by atoms with Gasteiger partial charge in [0.1, 0.15) is 11.5 Å². The highest BCUT2D eigenvalue weighted by Gasteiger charge is 2.17. The van der Waals surface area contributed by atoms with Gasteiger partial charge in [-0.3, -0.25) is 4.79 Å². The van der Waals surface area contributed by atoms with E-state index in [4.69, 9.17) is 4.52 Å². The van der Waals surface area contributed by atoms with Gasteiger partial charge >= 0.3 is 0 Å². The van der Waals surface area contributed by atoms with Crippen molar-refractivity contribution in [1.29, 1.82) is 0 Å². The number of rotatable bonds is 5. The fraction of sp³-hybridized carbons (Fsp3) is 0.227. The second-order valence-electron chi connectivity index (χ2n) is 7.17. The summed E-state index contributed by atoms with van der Waals surface area (Å²) >= 11 is 0. The van der Waals surface area contributed by atoms with E-state index in [0.717, 1.165) is 22.2 Å². The van der Waals surface area contributed by atoms with E-state index in [2.05, 4.69) is 34.2 Å². The molecule has 2 aromatic carbocycles. The number of aryl methyl sites for hydroxylation is 2. The number of H-pyrrole nitrogens is 1. The van der Waals surface area contributed by atoms with Crippen molar-refractivity contribution in [2.45, 2.75) is 20.3 Å². The highest BCUT2D eigenvalue weighted by Crippen LogP contribution is 2.29. The molecular weight excluding hydrogens is 371 g/mol. The summed E-state index contributed by atoms with van der Waals surface area (Å²) < 4.78 is 18.5. The number of hydrogen-bond donors (Lipinski definition) is 1. The zero-order valence-corrected chi connectivity index (χ0v) is 16.5. The molecule has 2 heterocycles. The molecule has 148 valence electrons. The molecule has 0 saturated heterocycles. The fourth-order valence-electron chi connectivity index (χ4n) is 3.29. The third kappa shape index (κ3) is 3.76. The molecule has 0 unspecified atom stereocenters. The van der Waals surface area contributed by atoms with Gasteiger partial charge in [0.2, 0.25) is 0 Å². The standard InChI is InChI=1S/C22H21FN4O2/c1-13-4-9-18-17(12-13)14(2)20(24-18)21-25-19(26-29-21)10-11-27(3)22(28)15-5-7-16(23)8-6-15/h4-9,12,24H,10-11H2,1-3H3. The van der Waals surface area contributed by atoms with Gasteiger partial charge in [-0.1, -0.05) is 16.8 Å². The highest BCUT2D eigenvalue weighted by atomic mass is 19.1. The highest BCUT2D eigenvalue weighted by molar-refractivity contribution is 5.94. The Kier molecular flexibility index (Phi) is 4.88. The Hall–Kier alpha value is -3.48. The lowest BCUT2D eigenvalue weighted by atomic mass is 10.1. The average Bonchev–Trinajstić information content (AvgIpc) is 3.31. The van der Waals surface area contributed by atoms with Crippen molar-refractivity contribution in [3.05, 3.63) is 70.8 Å². The smallest absolute Gasteiger partial charge is 0.274 e. The summed E-state index contributed by atoms with van der Waals surface area (Å²) in [6.07, 6.45) is 0.450. The molecule has 0 aliphatic rings. The lowest BCUT2D eigenvalue weighted by molar-refractivity contribution is 0.0795. The Balaban J connectivity index is 1.46. The molecule has 7 heteroatoms. The number of nitrogens with zero attached hydrogens (tertiary/aromatic N) is 3. The summed E-state index contributed by atoms with van der Waals surface area (Å²) in [5.41, 5.74) is 4.51. The van der Waals surface area contributed by atoms with Crippen LogP contribution in [0.1, 0.15) is 27.3 Å². The summed E-state index contributed by atoms with van der Waals surface area (Å²) in [5, 5.41) is 5.17. The van der Waals surface area contributed by atoms with Gasteiger partial charge in [0.25, 0.3) is 11.8 Å². The van der Waals surface area contributed by atoms with Gasteiger partial charge < -0.3 is 14.4 Å². The molecule has 0 atom stereocenters. The quantitative estimate of drug-likeness (QED) is 0.550. The molecule has 0 fully saturated rings. The number of likely N-dealkylation sites (N-methyl/N-ethyl adjacent to an activating group) is 1. The number of aromatic nitrogens is 3. The normalized spacial score (nSPS) is 11.2. The largest absolute Gasteiger partial charge is 0.350 e. The fourth-order valence-corrected chi connectivity index (χ4v) is 3.29. The summed E-state index contributed by atoms with van der Waals surface area (Å²) in [4.78, 5) is 21.8. The van der Waals surface area contributed by atoms with Gasteiger partial charge in [0, 0.05) is 36.5 Å². The number of halogens is 1. The molecule has 0 aliphatic carbocycles. The molecule has 0 bridgehead atoms. The Morgan fingerprint density at radius 3 is 2.69 bits per heavy atom. The summed E-state index contributed by atoms with van der Waals surface area (Å²) in [6.45, 7) is 4.49. The van der Waals surface area contributed by atoms with Gasteiger partial charge in [-0.15, -0.1) is 0 Å². The minimum absolute atomic E-state index is 0.185. The molecule has 4 aromatic rings. The van der Waals surface area contributed by atoms with Crippen LogP contribution in [0.3, 0.4) is 0 Å². The number of nitrogens with one attached hydrogen (secondary N) is 1. The van der Waals surface area contributed by atoms with E-state index in [1.807, 2.05) is 13.0 Å². The first-order valence-electron chi connectivity index (χ1n) is 9.35. The monoisotopic (exact) mass is 392 g/mol. The predicted molar refractivity (Wildman–Crippen MR) is 108 cm³/mol. The van der Waals surface area contributed by atoms with Crippen LogP contribution in [-0.2, 0) is 6.42 Å². The van der Waals surface area contributed by atoms with Gasteiger partial charge in [0.15, 0.2) is 5.82 Å². The van der Waals surface area contributed by atoms with Gasteiger partial charge in [-0.25, -0.2) is 4.39 Å². The average molecular weight is 392 g/mol. The molecule has 2 aromatic heterocycles. The van der Waals surface area contributed by atoms with Crippen LogP contribution >= 0.6 is 0 Å². The van der Waals surface area contributed by atoms with Gasteiger partial charge in [-0.2, -0.15) is 4.98 Å². The van der Waals surface area contributed by atoms with Crippen LogP contribution in [0.15, 0.2) is 47.0 Å². The van der Waals surface area contributed by atoms with Crippen LogP contribution in [0.25, 0.3) is 22.5 Å². The molecule has 4 rings (SSSR count). The molecule has 0 aliphatic heterocycles. The second-order valence-corrected chi connectivity index (χ2v) is 7.17. The Bertz CT molecular complexity index is 1180. The molecule has 1 amide bonds. The van der Waals surface area contributed by atoms with Crippen LogP contribution < -0.4 is 0 Å². The zero-order valence-electron chi connectivity index (χ0n) is 16.5.